The van der Waals surface area contributed by atoms with Crippen molar-refractivity contribution < 1.29 is 9.59 Å². The molecule has 22 heavy (non-hydrogen) atoms. The summed E-state index contributed by atoms with van der Waals surface area (Å²) >= 11 is 5.86. The van der Waals surface area contributed by atoms with E-state index in [9.17, 15) is 9.59 Å². The van der Waals surface area contributed by atoms with Gasteiger partial charge in [0, 0.05) is 41.7 Å². The van der Waals surface area contributed by atoms with Crippen LogP contribution in [0, 0.1) is 5.92 Å². The number of carbonyl (C=O) groups excluding carboxylic acids is 2. The Morgan fingerprint density at radius 3 is 2.55 bits per heavy atom. The fraction of sp³-hybridized carbons (Fsp3) is 0.500. The molecule has 0 saturated carbocycles. The quantitative estimate of drug-likeness (QED) is 0.898. The molecule has 6 heteroatoms. The molecule has 1 aliphatic heterocycles. The Balaban J connectivity index is 1.87. The van der Waals surface area contributed by atoms with Crippen molar-refractivity contribution in [1.82, 2.24) is 10.6 Å². The van der Waals surface area contributed by atoms with Gasteiger partial charge in [-0.1, -0.05) is 11.6 Å². The van der Waals surface area contributed by atoms with Crippen molar-refractivity contribution >= 4 is 29.2 Å². The Morgan fingerprint density at radius 2 is 1.95 bits per heavy atom. The first-order chi connectivity index (χ1) is 10.2. The fourth-order valence-corrected chi connectivity index (χ4v) is 2.54. The molecular weight excluding hydrogens is 302 g/mol. The van der Waals surface area contributed by atoms with Crippen LogP contribution in [-0.2, 0) is 4.79 Å². The van der Waals surface area contributed by atoms with Gasteiger partial charge in [-0.2, -0.15) is 0 Å². The molecule has 0 radical (unpaired) electrons. The largest absolute Gasteiger partial charge is 0.338 e. The number of benzene rings is 1. The third-order valence-corrected chi connectivity index (χ3v) is 3.64. The molecule has 1 saturated heterocycles. The first-order valence-electron chi connectivity index (χ1n) is 7.36. The van der Waals surface area contributed by atoms with E-state index in [2.05, 4.69) is 10.6 Å². The van der Waals surface area contributed by atoms with Crippen LogP contribution in [0.2, 0.25) is 5.02 Å². The van der Waals surface area contributed by atoms with E-state index >= 15 is 0 Å². The van der Waals surface area contributed by atoms with Crippen LogP contribution >= 0.6 is 11.6 Å². The molecule has 120 valence electrons. The number of halogens is 1. The van der Waals surface area contributed by atoms with Crippen LogP contribution in [0.25, 0.3) is 0 Å². The number of anilines is 1. The molecule has 0 aromatic heterocycles. The van der Waals surface area contributed by atoms with Gasteiger partial charge in [0.05, 0.1) is 0 Å². The van der Waals surface area contributed by atoms with Crippen molar-refractivity contribution in [1.29, 1.82) is 0 Å². The topological polar surface area (TPSA) is 61.4 Å². The maximum atomic E-state index is 12.1. The summed E-state index contributed by atoms with van der Waals surface area (Å²) in [6, 6.07) is 7.01. The summed E-state index contributed by atoms with van der Waals surface area (Å²) in [6.45, 7) is 6.86. The number of nitrogens with zero attached hydrogens (tertiary/aromatic N) is 1. The molecule has 1 fully saturated rings. The summed E-state index contributed by atoms with van der Waals surface area (Å²) < 4.78 is 0. The number of hydrogen-bond acceptors (Lipinski definition) is 2. The Bertz CT molecular complexity index is 552. The Labute approximate surface area is 136 Å². The summed E-state index contributed by atoms with van der Waals surface area (Å²) in [5.74, 6) is 0.194. The van der Waals surface area contributed by atoms with Gasteiger partial charge in [0.1, 0.15) is 0 Å². The van der Waals surface area contributed by atoms with Crippen molar-refractivity contribution in [3.8, 4) is 0 Å². The highest BCUT2D eigenvalue weighted by atomic mass is 35.5. The van der Waals surface area contributed by atoms with Crippen LogP contribution in [0.1, 0.15) is 27.2 Å². The number of hydrogen-bond donors (Lipinski definition) is 2. The summed E-state index contributed by atoms with van der Waals surface area (Å²) in [4.78, 5) is 25.6. The lowest BCUT2D eigenvalue weighted by atomic mass is 10.1. The summed E-state index contributed by atoms with van der Waals surface area (Å²) in [6.07, 6.45) is 0.443. The van der Waals surface area contributed by atoms with Gasteiger partial charge in [-0.3, -0.25) is 4.79 Å². The molecule has 3 amide bonds. The average Bonchev–Trinajstić information content (AvgIpc) is 2.77. The van der Waals surface area contributed by atoms with E-state index in [-0.39, 0.29) is 23.4 Å². The molecular formula is C16H22ClN3O2. The third-order valence-electron chi connectivity index (χ3n) is 3.38. The first-order valence-corrected chi connectivity index (χ1v) is 7.74. The molecule has 0 aliphatic carbocycles. The molecule has 0 spiro atoms. The monoisotopic (exact) mass is 323 g/mol. The van der Waals surface area contributed by atoms with Crippen LogP contribution in [0.3, 0.4) is 0 Å². The molecule has 1 unspecified atom stereocenters. The lowest BCUT2D eigenvalue weighted by Crippen LogP contribution is -2.47. The van der Waals surface area contributed by atoms with Crippen molar-refractivity contribution in [2.45, 2.75) is 32.7 Å². The smallest absolute Gasteiger partial charge is 0.315 e. The molecule has 1 aromatic rings. The maximum Gasteiger partial charge on any atom is 0.315 e. The van der Waals surface area contributed by atoms with Gasteiger partial charge in [-0.15, -0.1) is 0 Å². The third kappa shape index (κ3) is 4.63. The van der Waals surface area contributed by atoms with Gasteiger partial charge in [-0.25, -0.2) is 4.79 Å². The SMILES string of the molecule is CC(C)(C)NC(=O)NCC1CC(=O)N(c2ccc(Cl)cc2)C1. The highest BCUT2D eigenvalue weighted by molar-refractivity contribution is 6.30. The van der Waals surface area contributed by atoms with Gasteiger partial charge in [0.15, 0.2) is 0 Å². The second kappa shape index (κ2) is 6.57. The van der Waals surface area contributed by atoms with E-state index in [1.807, 2.05) is 32.9 Å². The second-order valence-electron chi connectivity index (χ2n) is 6.64. The zero-order valence-electron chi connectivity index (χ0n) is 13.1. The average molecular weight is 324 g/mol. The zero-order valence-corrected chi connectivity index (χ0v) is 13.9. The second-order valence-corrected chi connectivity index (χ2v) is 7.07. The molecule has 5 nitrogen and oxygen atoms in total. The standard InChI is InChI=1S/C16H22ClN3O2/c1-16(2,3)19-15(22)18-9-11-8-14(21)20(10-11)13-6-4-12(17)5-7-13/h4-7,11H,8-10H2,1-3H3,(H2,18,19,22). The van der Waals surface area contributed by atoms with Gasteiger partial charge in [0.25, 0.3) is 0 Å². The van der Waals surface area contributed by atoms with Crippen molar-refractivity contribution in [3.05, 3.63) is 29.3 Å². The zero-order chi connectivity index (χ0) is 16.3. The molecule has 2 N–H and O–H groups in total. The summed E-state index contributed by atoms with van der Waals surface area (Å²) in [5.41, 5.74) is 0.571. The van der Waals surface area contributed by atoms with Gasteiger partial charge < -0.3 is 15.5 Å². The van der Waals surface area contributed by atoms with E-state index in [1.54, 1.807) is 17.0 Å². The van der Waals surface area contributed by atoms with E-state index in [1.165, 1.54) is 0 Å². The van der Waals surface area contributed by atoms with Crippen LogP contribution in [0.5, 0.6) is 0 Å². The number of amides is 3. The number of rotatable bonds is 3. The highest BCUT2D eigenvalue weighted by Crippen LogP contribution is 2.25. The maximum absolute atomic E-state index is 12.1. The van der Waals surface area contributed by atoms with Crippen LogP contribution in [-0.4, -0.2) is 30.6 Å². The van der Waals surface area contributed by atoms with E-state index in [4.69, 9.17) is 11.6 Å². The van der Waals surface area contributed by atoms with Gasteiger partial charge >= 0.3 is 6.03 Å². The Morgan fingerprint density at radius 1 is 1.32 bits per heavy atom. The van der Waals surface area contributed by atoms with E-state index < -0.39 is 0 Å². The molecule has 0 bridgehead atoms. The highest BCUT2D eigenvalue weighted by Gasteiger charge is 2.30. The predicted octanol–water partition coefficient (Wildman–Crippen LogP) is 2.79. The molecule has 1 atom stereocenters. The van der Waals surface area contributed by atoms with Crippen LogP contribution < -0.4 is 15.5 Å². The normalized spacial score (nSPS) is 18.5. The van der Waals surface area contributed by atoms with E-state index in [0.717, 1.165) is 5.69 Å². The van der Waals surface area contributed by atoms with Gasteiger partial charge in [0.2, 0.25) is 5.91 Å². The van der Waals surface area contributed by atoms with Crippen molar-refractivity contribution in [2.75, 3.05) is 18.0 Å². The van der Waals surface area contributed by atoms with Crippen LogP contribution in [0.4, 0.5) is 10.5 Å². The molecule has 2 rings (SSSR count). The molecule has 1 aromatic carbocycles. The minimum Gasteiger partial charge on any atom is -0.338 e. The lowest BCUT2D eigenvalue weighted by molar-refractivity contribution is -0.117. The number of nitrogens with one attached hydrogen (secondary N) is 2. The number of urea groups is 1. The van der Waals surface area contributed by atoms with Gasteiger partial charge in [-0.05, 0) is 45.0 Å². The number of carbonyl (C=O) groups is 2. The van der Waals surface area contributed by atoms with E-state index in [0.29, 0.717) is 24.5 Å². The first kappa shape index (κ1) is 16.6. The minimum atomic E-state index is -0.273. The summed E-state index contributed by atoms with van der Waals surface area (Å²) in [7, 11) is 0. The Hall–Kier alpha value is -1.75. The summed E-state index contributed by atoms with van der Waals surface area (Å²) in [5, 5.41) is 6.32. The molecule has 1 heterocycles. The van der Waals surface area contributed by atoms with Crippen molar-refractivity contribution in [3.63, 3.8) is 0 Å². The minimum absolute atomic E-state index is 0.0744. The Kier molecular flexibility index (Phi) is 4.96. The molecule has 1 aliphatic rings. The fourth-order valence-electron chi connectivity index (χ4n) is 2.41. The van der Waals surface area contributed by atoms with Crippen molar-refractivity contribution in [2.24, 2.45) is 5.92 Å². The predicted molar refractivity (Wildman–Crippen MR) is 88.2 cm³/mol. The van der Waals surface area contributed by atoms with Crippen LogP contribution in [0.15, 0.2) is 24.3 Å². The lowest BCUT2D eigenvalue weighted by Gasteiger charge is -2.21.